The van der Waals surface area contributed by atoms with Gasteiger partial charge in [0.25, 0.3) is 0 Å². The predicted molar refractivity (Wildman–Crippen MR) is 76.5 cm³/mol. The first kappa shape index (κ1) is 14.5. The summed E-state index contributed by atoms with van der Waals surface area (Å²) in [5.74, 6) is -0.149. The number of benzene rings is 1. The highest BCUT2D eigenvalue weighted by atomic mass is 32.2. The summed E-state index contributed by atoms with van der Waals surface area (Å²) in [5, 5.41) is 11.8. The molecule has 114 valence electrons. The maximum atomic E-state index is 13.4. The summed E-state index contributed by atoms with van der Waals surface area (Å²) < 4.78 is 24.1. The molecule has 0 saturated heterocycles. The fourth-order valence-corrected chi connectivity index (χ4v) is 2.57. The van der Waals surface area contributed by atoms with Gasteiger partial charge in [-0.05, 0) is 46.8 Å². The highest BCUT2D eigenvalue weighted by Gasteiger charge is 2.22. The van der Waals surface area contributed by atoms with Gasteiger partial charge < -0.3 is 0 Å². The topological polar surface area (TPSA) is 87.0 Å². The Bertz CT molecular complexity index is 870. The normalized spacial score (nSPS) is 11.0. The number of aryl methyl sites for hydroxylation is 1. The first-order valence-electron chi connectivity index (χ1n) is 6.42. The molecule has 0 spiro atoms. The van der Waals surface area contributed by atoms with Crippen molar-refractivity contribution in [3.63, 3.8) is 0 Å². The number of rotatable bonds is 4. The van der Waals surface area contributed by atoms with E-state index in [2.05, 4.69) is 15.5 Å². The number of hydrogen-bond acceptors (Lipinski definition) is 7. The molecule has 3 rings (SSSR count). The van der Waals surface area contributed by atoms with Gasteiger partial charge in [0.2, 0.25) is 5.82 Å². The third kappa shape index (κ3) is 2.43. The van der Waals surface area contributed by atoms with Crippen LogP contribution in [0.15, 0.2) is 37.2 Å². The second-order valence-electron chi connectivity index (χ2n) is 4.39. The maximum absolute atomic E-state index is 13.4. The number of nitrogens with zero attached hydrogens (tertiary/aromatic N) is 4. The van der Waals surface area contributed by atoms with E-state index in [1.54, 1.807) is 6.92 Å². The van der Waals surface area contributed by atoms with Crippen LogP contribution in [0, 0.1) is 12.7 Å². The van der Waals surface area contributed by atoms with Gasteiger partial charge in [-0.1, -0.05) is 12.1 Å². The summed E-state index contributed by atoms with van der Waals surface area (Å²) in [6.45, 7) is 3.55. The van der Waals surface area contributed by atoms with Gasteiger partial charge >= 0.3 is 5.76 Å². The van der Waals surface area contributed by atoms with Crippen molar-refractivity contribution in [1.29, 1.82) is 0 Å². The Morgan fingerprint density at radius 3 is 2.86 bits per heavy atom. The lowest BCUT2D eigenvalue weighted by Crippen LogP contribution is -2.13. The molecule has 2 aromatic heterocycles. The van der Waals surface area contributed by atoms with E-state index in [0.29, 0.717) is 22.0 Å². The van der Waals surface area contributed by atoms with E-state index in [-0.39, 0.29) is 11.6 Å². The van der Waals surface area contributed by atoms with Crippen LogP contribution in [0.2, 0.25) is 0 Å². The van der Waals surface area contributed by atoms with Gasteiger partial charge in [0.1, 0.15) is 5.82 Å². The van der Waals surface area contributed by atoms with Crippen LogP contribution in [0.4, 0.5) is 4.39 Å². The molecule has 22 heavy (non-hydrogen) atoms. The number of hydrogen-bond donors (Lipinski definition) is 0. The lowest BCUT2D eigenvalue weighted by atomic mass is 10.2. The molecule has 0 aliphatic rings. The van der Waals surface area contributed by atoms with Crippen LogP contribution in [0.5, 0.6) is 0 Å². The zero-order valence-corrected chi connectivity index (χ0v) is 12.6. The second kappa shape index (κ2) is 5.76. The molecule has 3 aromatic rings. The van der Waals surface area contributed by atoms with Crippen LogP contribution in [0.25, 0.3) is 17.2 Å². The lowest BCUT2D eigenvalue weighted by molar-refractivity contribution is 0.299. The van der Waals surface area contributed by atoms with Gasteiger partial charge in [-0.2, -0.15) is 0 Å². The van der Waals surface area contributed by atoms with E-state index < -0.39 is 5.76 Å². The summed E-state index contributed by atoms with van der Waals surface area (Å²) in [6.07, 6.45) is 0. The smallest absolute Gasteiger partial charge is 0.295 e. The molecule has 0 N–H and O–H groups in total. The van der Waals surface area contributed by atoms with Gasteiger partial charge in [0.05, 0.1) is 5.69 Å². The quantitative estimate of drug-likeness (QED) is 0.682. The van der Waals surface area contributed by atoms with Gasteiger partial charge in [-0.3, -0.25) is 4.52 Å². The lowest BCUT2D eigenvalue weighted by Gasteiger charge is -2.04. The molecule has 0 fully saturated rings. The average molecular weight is 322 g/mol. The summed E-state index contributed by atoms with van der Waals surface area (Å²) in [7, 11) is 0. The fraction of sp³-hybridized carbons (Fsp3) is 0.231. The van der Waals surface area contributed by atoms with Crippen LogP contribution in [0.3, 0.4) is 0 Å². The van der Waals surface area contributed by atoms with Gasteiger partial charge in [0.15, 0.2) is 10.7 Å². The molecule has 0 aliphatic carbocycles. The zero-order chi connectivity index (χ0) is 15.7. The maximum Gasteiger partial charge on any atom is 0.446 e. The molecule has 0 saturated carbocycles. The minimum Gasteiger partial charge on any atom is -0.295 e. The molecule has 0 amide bonds. The second-order valence-corrected chi connectivity index (χ2v) is 5.64. The SMILES string of the molecule is CCSc1nonc1-c1noc(=O)n1-c1ccc(F)c(C)c1. The van der Waals surface area contributed by atoms with Crippen molar-refractivity contribution in [1.82, 2.24) is 20.0 Å². The van der Waals surface area contributed by atoms with Crippen LogP contribution >= 0.6 is 11.8 Å². The van der Waals surface area contributed by atoms with Gasteiger partial charge in [-0.15, -0.1) is 11.8 Å². The Hall–Kier alpha value is -2.42. The van der Waals surface area contributed by atoms with E-state index in [9.17, 15) is 9.18 Å². The highest BCUT2D eigenvalue weighted by Crippen LogP contribution is 2.27. The number of thioether (sulfide) groups is 1. The Morgan fingerprint density at radius 2 is 2.14 bits per heavy atom. The Balaban J connectivity index is 2.17. The average Bonchev–Trinajstić information content (AvgIpc) is 3.09. The standard InChI is InChI=1S/C13H11FN4O3S/c1-3-22-12-10(15-21-17-12)11-16-20-13(19)18(11)8-4-5-9(14)7(2)6-8/h4-6H,3H2,1-2H3. The number of aromatic nitrogens is 4. The van der Waals surface area contributed by atoms with Crippen molar-refractivity contribution in [3.8, 4) is 17.2 Å². The molecular formula is C13H11FN4O3S. The number of halogens is 1. The van der Waals surface area contributed by atoms with Crippen LogP contribution in [-0.4, -0.2) is 25.8 Å². The minimum absolute atomic E-state index is 0.160. The molecule has 0 bridgehead atoms. The van der Waals surface area contributed by atoms with E-state index in [1.165, 1.54) is 34.5 Å². The van der Waals surface area contributed by atoms with Crippen molar-refractivity contribution < 1.29 is 13.5 Å². The molecular weight excluding hydrogens is 311 g/mol. The largest absolute Gasteiger partial charge is 0.446 e. The monoisotopic (exact) mass is 322 g/mol. The van der Waals surface area contributed by atoms with Crippen LogP contribution < -0.4 is 5.76 Å². The molecule has 0 unspecified atom stereocenters. The summed E-state index contributed by atoms with van der Waals surface area (Å²) >= 11 is 1.40. The fourth-order valence-electron chi connectivity index (χ4n) is 1.94. The van der Waals surface area contributed by atoms with Crippen molar-refractivity contribution in [3.05, 3.63) is 40.1 Å². The van der Waals surface area contributed by atoms with Crippen molar-refractivity contribution in [2.45, 2.75) is 18.9 Å². The van der Waals surface area contributed by atoms with Crippen molar-refractivity contribution >= 4 is 11.8 Å². The van der Waals surface area contributed by atoms with Crippen molar-refractivity contribution in [2.24, 2.45) is 0 Å². The minimum atomic E-state index is -0.698. The highest BCUT2D eigenvalue weighted by molar-refractivity contribution is 7.99. The van der Waals surface area contributed by atoms with E-state index in [0.717, 1.165) is 5.75 Å². The zero-order valence-electron chi connectivity index (χ0n) is 11.7. The summed E-state index contributed by atoms with van der Waals surface area (Å²) in [5.41, 5.74) is 1.13. The first-order chi connectivity index (χ1) is 10.6. The van der Waals surface area contributed by atoms with Gasteiger partial charge in [-0.25, -0.2) is 18.4 Å². The third-order valence-electron chi connectivity index (χ3n) is 2.96. The first-order valence-corrected chi connectivity index (χ1v) is 7.41. The molecule has 7 nitrogen and oxygen atoms in total. The van der Waals surface area contributed by atoms with Gasteiger partial charge in [0, 0.05) is 0 Å². The molecule has 1 aromatic carbocycles. The predicted octanol–water partition coefficient (Wildman–Crippen LogP) is 2.44. The summed E-state index contributed by atoms with van der Waals surface area (Å²) in [6, 6.07) is 4.26. The molecule has 0 radical (unpaired) electrons. The van der Waals surface area contributed by atoms with Crippen LogP contribution in [-0.2, 0) is 0 Å². The molecule has 9 heteroatoms. The van der Waals surface area contributed by atoms with E-state index in [1.807, 2.05) is 6.92 Å². The van der Waals surface area contributed by atoms with Crippen LogP contribution in [0.1, 0.15) is 12.5 Å². The van der Waals surface area contributed by atoms with Crippen molar-refractivity contribution in [2.75, 3.05) is 5.75 Å². The molecule has 2 heterocycles. The van der Waals surface area contributed by atoms with E-state index >= 15 is 0 Å². The Kier molecular flexibility index (Phi) is 3.80. The molecule has 0 atom stereocenters. The summed E-state index contributed by atoms with van der Waals surface area (Å²) in [4.78, 5) is 12.0. The van der Waals surface area contributed by atoms with E-state index in [4.69, 9.17) is 9.15 Å². The Labute approximate surface area is 128 Å². The molecule has 0 aliphatic heterocycles. The third-order valence-corrected chi connectivity index (χ3v) is 3.79. The Morgan fingerprint density at radius 1 is 1.32 bits per heavy atom.